The van der Waals surface area contributed by atoms with Crippen molar-refractivity contribution in [2.24, 2.45) is 0 Å². The Morgan fingerprint density at radius 1 is 0.962 bits per heavy atom. The van der Waals surface area contributed by atoms with Crippen molar-refractivity contribution in [1.82, 2.24) is 5.32 Å². The van der Waals surface area contributed by atoms with Crippen LogP contribution in [0.2, 0.25) is 0 Å². The summed E-state index contributed by atoms with van der Waals surface area (Å²) in [5.74, 6) is 1.32. The monoisotopic (exact) mass is 353 g/mol. The summed E-state index contributed by atoms with van der Waals surface area (Å²) < 4.78 is 5.52. The number of aryl methyl sites for hydroxylation is 3. The first-order valence-electron chi connectivity index (χ1n) is 9.26. The molecule has 0 unspecified atom stereocenters. The van der Waals surface area contributed by atoms with Crippen LogP contribution in [0.1, 0.15) is 66.1 Å². The lowest BCUT2D eigenvalue weighted by Crippen LogP contribution is -2.28. The van der Waals surface area contributed by atoms with Crippen molar-refractivity contribution >= 4 is 5.91 Å². The fourth-order valence-corrected chi connectivity index (χ4v) is 3.28. The molecule has 0 saturated heterocycles. The molecule has 1 N–H and O–H groups in total. The number of benzene rings is 2. The lowest BCUT2D eigenvalue weighted by atomic mass is 9.93. The predicted molar refractivity (Wildman–Crippen MR) is 108 cm³/mol. The third kappa shape index (κ3) is 4.66. The number of hydrogen-bond acceptors (Lipinski definition) is 2. The summed E-state index contributed by atoms with van der Waals surface area (Å²) in [6.07, 6.45) is 0.400. The molecule has 0 heterocycles. The van der Waals surface area contributed by atoms with Crippen LogP contribution in [0, 0.1) is 20.8 Å². The van der Waals surface area contributed by atoms with E-state index in [1.165, 1.54) is 16.7 Å². The quantitative estimate of drug-likeness (QED) is 0.778. The topological polar surface area (TPSA) is 38.3 Å². The van der Waals surface area contributed by atoms with Gasteiger partial charge in [0.2, 0.25) is 5.91 Å². The summed E-state index contributed by atoms with van der Waals surface area (Å²) >= 11 is 0. The normalized spacial score (nSPS) is 12.2. The Morgan fingerprint density at radius 3 is 2.23 bits per heavy atom. The number of methoxy groups -OCH3 is 1. The van der Waals surface area contributed by atoms with Crippen molar-refractivity contribution in [2.45, 2.75) is 59.9 Å². The van der Waals surface area contributed by atoms with Crippen LogP contribution in [-0.4, -0.2) is 13.0 Å². The lowest BCUT2D eigenvalue weighted by Gasteiger charge is -2.21. The van der Waals surface area contributed by atoms with E-state index >= 15 is 0 Å². The molecule has 0 fully saturated rings. The highest BCUT2D eigenvalue weighted by Gasteiger charge is 2.17. The van der Waals surface area contributed by atoms with Gasteiger partial charge >= 0.3 is 0 Å². The average molecular weight is 354 g/mol. The second-order valence-corrected chi connectivity index (χ2v) is 7.49. The van der Waals surface area contributed by atoms with Crippen LogP contribution in [0.3, 0.4) is 0 Å². The van der Waals surface area contributed by atoms with E-state index in [4.69, 9.17) is 4.74 Å². The molecule has 140 valence electrons. The summed E-state index contributed by atoms with van der Waals surface area (Å²) in [6.45, 7) is 12.6. The molecule has 0 radical (unpaired) electrons. The van der Waals surface area contributed by atoms with Gasteiger partial charge in [0.15, 0.2) is 0 Å². The van der Waals surface area contributed by atoms with Crippen LogP contribution in [0.15, 0.2) is 30.3 Å². The van der Waals surface area contributed by atoms with Gasteiger partial charge in [0.05, 0.1) is 19.6 Å². The molecule has 2 aromatic carbocycles. The van der Waals surface area contributed by atoms with Gasteiger partial charge in [-0.1, -0.05) is 32.0 Å². The first-order valence-corrected chi connectivity index (χ1v) is 9.26. The van der Waals surface area contributed by atoms with Crippen molar-refractivity contribution in [3.63, 3.8) is 0 Å². The largest absolute Gasteiger partial charge is 0.496 e. The van der Waals surface area contributed by atoms with Crippen molar-refractivity contribution in [3.8, 4) is 5.75 Å². The molecular weight excluding hydrogens is 322 g/mol. The molecule has 0 aromatic heterocycles. The van der Waals surface area contributed by atoms with Crippen LogP contribution < -0.4 is 10.1 Å². The van der Waals surface area contributed by atoms with Crippen molar-refractivity contribution in [2.75, 3.05) is 7.11 Å². The fourth-order valence-electron chi connectivity index (χ4n) is 3.28. The van der Waals surface area contributed by atoms with Crippen LogP contribution in [0.25, 0.3) is 0 Å². The number of nitrogens with one attached hydrogen (secondary N) is 1. The van der Waals surface area contributed by atoms with Gasteiger partial charge in [-0.25, -0.2) is 0 Å². The minimum Gasteiger partial charge on any atom is -0.496 e. The molecule has 26 heavy (non-hydrogen) atoms. The summed E-state index contributed by atoms with van der Waals surface area (Å²) in [5, 5.41) is 3.14. The van der Waals surface area contributed by atoms with E-state index in [1.54, 1.807) is 7.11 Å². The van der Waals surface area contributed by atoms with Gasteiger partial charge in [0, 0.05) is 0 Å². The molecule has 0 saturated carbocycles. The summed E-state index contributed by atoms with van der Waals surface area (Å²) in [7, 11) is 1.70. The molecule has 3 heteroatoms. The molecule has 3 nitrogen and oxygen atoms in total. The highest BCUT2D eigenvalue weighted by atomic mass is 16.5. The smallest absolute Gasteiger partial charge is 0.224 e. The Kier molecular flexibility index (Phi) is 6.47. The van der Waals surface area contributed by atoms with E-state index in [9.17, 15) is 4.79 Å². The molecule has 1 atom stereocenters. The summed E-state index contributed by atoms with van der Waals surface area (Å²) in [5.41, 5.74) is 6.96. The van der Waals surface area contributed by atoms with Gasteiger partial charge in [-0.2, -0.15) is 0 Å². The zero-order valence-corrected chi connectivity index (χ0v) is 17.1. The Balaban J connectivity index is 2.15. The van der Waals surface area contributed by atoms with Crippen LogP contribution in [-0.2, 0) is 11.2 Å². The summed E-state index contributed by atoms with van der Waals surface area (Å²) in [4.78, 5) is 12.5. The maximum absolute atomic E-state index is 12.5. The molecule has 1 amide bonds. The Hall–Kier alpha value is -2.29. The fraction of sp³-hybridized carbons (Fsp3) is 0.435. The standard InChI is InChI=1S/C23H31NO2/c1-14(2)20-13-21(17(5)11-22(20)26-7)18(6)24-23(25)12-19-9-8-15(3)16(4)10-19/h8-11,13-14,18H,12H2,1-7H3,(H,24,25)/t18-/m1/s1. The van der Waals surface area contributed by atoms with E-state index in [0.29, 0.717) is 12.3 Å². The first-order chi connectivity index (χ1) is 12.2. The minimum atomic E-state index is -0.0440. The minimum absolute atomic E-state index is 0.0436. The van der Waals surface area contributed by atoms with Crippen molar-refractivity contribution in [3.05, 3.63) is 63.7 Å². The lowest BCUT2D eigenvalue weighted by molar-refractivity contribution is -0.121. The van der Waals surface area contributed by atoms with Gasteiger partial charge in [0.1, 0.15) is 5.75 Å². The number of ether oxygens (including phenoxy) is 1. The zero-order valence-electron chi connectivity index (χ0n) is 17.1. The molecular formula is C23H31NO2. The van der Waals surface area contributed by atoms with Gasteiger partial charge < -0.3 is 10.1 Å². The molecule has 0 bridgehead atoms. The third-order valence-corrected chi connectivity index (χ3v) is 5.02. The molecule has 0 aliphatic rings. The van der Waals surface area contributed by atoms with E-state index < -0.39 is 0 Å². The highest BCUT2D eigenvalue weighted by Crippen LogP contribution is 2.32. The van der Waals surface area contributed by atoms with Gasteiger partial charge in [0.25, 0.3) is 0 Å². The molecule has 2 rings (SSSR count). The van der Waals surface area contributed by atoms with Crippen molar-refractivity contribution < 1.29 is 9.53 Å². The maximum Gasteiger partial charge on any atom is 0.224 e. The van der Waals surface area contributed by atoms with Crippen LogP contribution >= 0.6 is 0 Å². The second kappa shape index (κ2) is 8.39. The van der Waals surface area contributed by atoms with Gasteiger partial charge in [-0.15, -0.1) is 0 Å². The number of hydrogen-bond donors (Lipinski definition) is 1. The maximum atomic E-state index is 12.5. The van der Waals surface area contributed by atoms with E-state index in [1.807, 2.05) is 13.0 Å². The predicted octanol–water partition coefficient (Wildman–Crippen LogP) is 5.16. The third-order valence-electron chi connectivity index (χ3n) is 5.02. The van der Waals surface area contributed by atoms with Gasteiger partial charge in [-0.3, -0.25) is 4.79 Å². The summed E-state index contributed by atoms with van der Waals surface area (Å²) in [6, 6.07) is 10.4. The SMILES string of the molecule is COc1cc(C)c([C@@H](C)NC(=O)Cc2ccc(C)c(C)c2)cc1C(C)C. The number of amides is 1. The number of carbonyl (C=O) groups excluding carboxylic acids is 1. The zero-order chi connectivity index (χ0) is 19.4. The Bertz CT molecular complexity index is 793. The van der Waals surface area contributed by atoms with Crippen LogP contribution in [0.5, 0.6) is 5.75 Å². The van der Waals surface area contributed by atoms with Gasteiger partial charge in [-0.05, 0) is 79.1 Å². The van der Waals surface area contributed by atoms with Crippen LogP contribution in [0.4, 0.5) is 0 Å². The molecule has 0 aliphatic carbocycles. The van der Waals surface area contributed by atoms with E-state index in [2.05, 4.69) is 64.2 Å². The molecule has 0 aliphatic heterocycles. The number of rotatable bonds is 6. The van der Waals surface area contributed by atoms with Crippen molar-refractivity contribution in [1.29, 1.82) is 0 Å². The second-order valence-electron chi connectivity index (χ2n) is 7.49. The Morgan fingerprint density at radius 2 is 1.65 bits per heavy atom. The molecule has 2 aromatic rings. The first kappa shape index (κ1) is 20.0. The number of carbonyl (C=O) groups is 1. The Labute approximate surface area is 157 Å². The molecule has 0 spiro atoms. The average Bonchev–Trinajstić information content (AvgIpc) is 2.57. The highest BCUT2D eigenvalue weighted by molar-refractivity contribution is 5.79. The van der Waals surface area contributed by atoms with E-state index in [-0.39, 0.29) is 11.9 Å². The van der Waals surface area contributed by atoms with E-state index in [0.717, 1.165) is 22.4 Å².